The van der Waals surface area contributed by atoms with Gasteiger partial charge in [-0.1, -0.05) is 55.1 Å². The van der Waals surface area contributed by atoms with Crippen LogP contribution in [0.2, 0.25) is 0 Å². The van der Waals surface area contributed by atoms with Crippen LogP contribution in [-0.4, -0.2) is 25.5 Å². The molecular weight excluding hydrogens is 544 g/mol. The predicted octanol–water partition coefficient (Wildman–Crippen LogP) is 6.81. The van der Waals surface area contributed by atoms with E-state index in [1.54, 1.807) is 47.1 Å². The van der Waals surface area contributed by atoms with E-state index in [0.717, 1.165) is 21.4 Å². The number of nitrogens with zero attached hydrogens (tertiary/aromatic N) is 3. The van der Waals surface area contributed by atoms with Crippen molar-refractivity contribution < 1.29 is 14.6 Å². The van der Waals surface area contributed by atoms with E-state index in [4.69, 9.17) is 4.74 Å². The molecule has 8 heteroatoms. The molecule has 5 aromatic rings. The normalized spacial score (nSPS) is 10.9. The average Bonchev–Trinajstić information content (AvgIpc) is 3.32. The second-order valence-electron chi connectivity index (χ2n) is 8.68. The Hall–Kier alpha value is -4.43. The van der Waals surface area contributed by atoms with Gasteiger partial charge in [0.2, 0.25) is 0 Å². The number of hydrogen-bond donors (Lipinski definition) is 2. The summed E-state index contributed by atoms with van der Waals surface area (Å²) in [6.07, 6.45) is 4.06. The molecule has 0 bridgehead atoms. The van der Waals surface area contributed by atoms with Crippen LogP contribution in [0.4, 0.5) is 5.82 Å². The second kappa shape index (κ2) is 11.3. The molecule has 2 heterocycles. The van der Waals surface area contributed by atoms with Crippen molar-refractivity contribution in [3.63, 3.8) is 0 Å². The number of anilines is 1. The number of Topliss-reactive ketones (excluding diaryl/α,β-unsaturated/α-hetero) is 1. The van der Waals surface area contributed by atoms with Crippen LogP contribution >= 0.6 is 15.9 Å². The summed E-state index contributed by atoms with van der Waals surface area (Å²) in [5.74, 6) is 1.55. The monoisotopic (exact) mass is 568 g/mol. The molecule has 0 spiro atoms. The molecule has 2 aromatic heterocycles. The van der Waals surface area contributed by atoms with E-state index >= 15 is 0 Å². The van der Waals surface area contributed by atoms with Crippen molar-refractivity contribution in [2.24, 2.45) is 0 Å². The third kappa shape index (κ3) is 5.60. The third-order valence-corrected chi connectivity index (χ3v) is 6.65. The number of ketones is 1. The van der Waals surface area contributed by atoms with Crippen molar-refractivity contribution in [2.45, 2.75) is 19.4 Å². The summed E-state index contributed by atoms with van der Waals surface area (Å²) in [6.45, 7) is 4.10. The molecule has 190 valence electrons. The minimum atomic E-state index is 0.0585. The molecule has 0 saturated heterocycles. The van der Waals surface area contributed by atoms with Crippen LogP contribution in [0.5, 0.6) is 11.5 Å². The van der Waals surface area contributed by atoms with Gasteiger partial charge in [-0.05, 0) is 57.7 Å². The van der Waals surface area contributed by atoms with Crippen LogP contribution < -0.4 is 10.1 Å². The topological polar surface area (TPSA) is 88.8 Å². The number of rotatable bonds is 10. The summed E-state index contributed by atoms with van der Waals surface area (Å²) in [6, 6.07) is 24.3. The summed E-state index contributed by atoms with van der Waals surface area (Å²) in [5, 5.41) is 18.2. The standard InChI is InChI=1S/C30H25BrN4O3/c1-2-38-23-10-6-9-22(16-23)27(36)14-13-20-7-5-8-21(15-20)18-32-29-17-26(24-11-3-4-12-28(24)37)34-30-25(31)19-33-35(29)30/h2-12,15-17,19,32,37H,1,13-14,18H2. The van der Waals surface area contributed by atoms with Gasteiger partial charge < -0.3 is 15.2 Å². The van der Waals surface area contributed by atoms with Crippen LogP contribution in [0.25, 0.3) is 16.9 Å². The molecule has 7 nitrogen and oxygen atoms in total. The fourth-order valence-corrected chi connectivity index (χ4v) is 4.57. The number of phenolic OH excluding ortho intramolecular Hbond substituents is 1. The number of fused-ring (bicyclic) bond motifs is 1. The van der Waals surface area contributed by atoms with Crippen molar-refractivity contribution in [3.8, 4) is 22.8 Å². The van der Waals surface area contributed by atoms with Gasteiger partial charge in [-0.3, -0.25) is 4.79 Å². The molecule has 0 saturated carbocycles. The first-order valence-electron chi connectivity index (χ1n) is 12.1. The maximum atomic E-state index is 12.7. The number of nitrogens with one attached hydrogen (secondary N) is 1. The van der Waals surface area contributed by atoms with Crippen LogP contribution in [0.1, 0.15) is 27.9 Å². The van der Waals surface area contributed by atoms with Gasteiger partial charge in [0.05, 0.1) is 22.6 Å². The van der Waals surface area contributed by atoms with Crippen LogP contribution in [-0.2, 0) is 13.0 Å². The highest BCUT2D eigenvalue weighted by Gasteiger charge is 2.14. The summed E-state index contributed by atoms with van der Waals surface area (Å²) in [5.41, 5.74) is 4.68. The van der Waals surface area contributed by atoms with Gasteiger partial charge in [0.25, 0.3) is 0 Å². The van der Waals surface area contributed by atoms with Crippen molar-refractivity contribution in [1.82, 2.24) is 14.6 Å². The van der Waals surface area contributed by atoms with E-state index in [0.29, 0.717) is 47.6 Å². The van der Waals surface area contributed by atoms with Crippen LogP contribution in [0.15, 0.2) is 102 Å². The Balaban J connectivity index is 1.31. The lowest BCUT2D eigenvalue weighted by atomic mass is 10.0. The molecule has 0 aliphatic rings. The number of carbonyl (C=O) groups is 1. The Morgan fingerprint density at radius 3 is 2.71 bits per heavy atom. The van der Waals surface area contributed by atoms with Crippen LogP contribution in [0.3, 0.4) is 0 Å². The third-order valence-electron chi connectivity index (χ3n) is 6.09. The summed E-state index contributed by atoms with van der Waals surface area (Å²) in [7, 11) is 0. The van der Waals surface area contributed by atoms with Crippen molar-refractivity contribution in [1.29, 1.82) is 0 Å². The minimum Gasteiger partial charge on any atom is -0.507 e. The SMILES string of the molecule is C=COc1cccc(C(=O)CCc2cccc(CNc3cc(-c4ccccc4O)nc4c(Br)cnn34)c2)c1. The number of phenols is 1. The largest absolute Gasteiger partial charge is 0.507 e. The first kappa shape index (κ1) is 25.2. The molecule has 0 radical (unpaired) electrons. The van der Waals surface area contributed by atoms with E-state index < -0.39 is 0 Å². The molecule has 0 aliphatic carbocycles. The average molecular weight is 569 g/mol. The lowest BCUT2D eigenvalue weighted by Crippen LogP contribution is -2.07. The zero-order valence-corrected chi connectivity index (χ0v) is 22.1. The number of halogens is 1. The summed E-state index contributed by atoms with van der Waals surface area (Å²) < 4.78 is 7.76. The molecule has 0 unspecified atom stereocenters. The van der Waals surface area contributed by atoms with Gasteiger partial charge in [-0.15, -0.1) is 0 Å². The van der Waals surface area contributed by atoms with Gasteiger partial charge in [-0.2, -0.15) is 9.61 Å². The first-order valence-corrected chi connectivity index (χ1v) is 12.9. The van der Waals surface area contributed by atoms with Gasteiger partial charge in [0.15, 0.2) is 11.4 Å². The Bertz CT molecular complexity index is 1630. The number of carbonyl (C=O) groups excluding carboxylic acids is 1. The highest BCUT2D eigenvalue weighted by atomic mass is 79.9. The maximum absolute atomic E-state index is 12.7. The maximum Gasteiger partial charge on any atom is 0.172 e. The van der Waals surface area contributed by atoms with Crippen molar-refractivity contribution in [2.75, 3.05) is 5.32 Å². The number of benzene rings is 3. The quantitative estimate of drug-likeness (QED) is 0.142. The van der Waals surface area contributed by atoms with Gasteiger partial charge in [0, 0.05) is 30.2 Å². The summed E-state index contributed by atoms with van der Waals surface area (Å²) in [4.78, 5) is 17.4. The zero-order chi connectivity index (χ0) is 26.5. The molecule has 2 N–H and O–H groups in total. The van der Waals surface area contributed by atoms with E-state index in [9.17, 15) is 9.90 Å². The Labute approximate surface area is 228 Å². The molecule has 0 aliphatic heterocycles. The minimum absolute atomic E-state index is 0.0585. The van der Waals surface area contributed by atoms with E-state index in [2.05, 4.69) is 44.0 Å². The van der Waals surface area contributed by atoms with Crippen molar-refractivity contribution in [3.05, 3.63) is 119 Å². The lowest BCUT2D eigenvalue weighted by Gasteiger charge is -2.12. The fourth-order valence-electron chi connectivity index (χ4n) is 4.22. The number of aromatic nitrogens is 3. The Kier molecular flexibility index (Phi) is 7.51. The van der Waals surface area contributed by atoms with E-state index in [1.165, 1.54) is 6.26 Å². The number of hydrogen-bond acceptors (Lipinski definition) is 6. The first-order chi connectivity index (χ1) is 18.5. The fraction of sp³-hybridized carbons (Fsp3) is 0.100. The summed E-state index contributed by atoms with van der Waals surface area (Å²) >= 11 is 3.51. The highest BCUT2D eigenvalue weighted by molar-refractivity contribution is 9.10. The zero-order valence-electron chi connectivity index (χ0n) is 20.5. The Morgan fingerprint density at radius 1 is 1.05 bits per heavy atom. The molecule has 38 heavy (non-hydrogen) atoms. The smallest absolute Gasteiger partial charge is 0.172 e. The number of para-hydroxylation sites is 1. The number of aryl methyl sites for hydroxylation is 1. The van der Waals surface area contributed by atoms with Gasteiger partial charge >= 0.3 is 0 Å². The number of ether oxygens (including phenoxy) is 1. The predicted molar refractivity (Wildman–Crippen MR) is 151 cm³/mol. The van der Waals surface area contributed by atoms with Crippen LogP contribution in [0, 0.1) is 0 Å². The highest BCUT2D eigenvalue weighted by Crippen LogP contribution is 2.31. The van der Waals surface area contributed by atoms with Crippen molar-refractivity contribution >= 4 is 33.2 Å². The molecule has 0 amide bonds. The van der Waals surface area contributed by atoms with E-state index in [1.807, 2.05) is 36.4 Å². The Morgan fingerprint density at radius 2 is 1.87 bits per heavy atom. The molecular formula is C30H25BrN4O3. The second-order valence-corrected chi connectivity index (χ2v) is 9.54. The van der Waals surface area contributed by atoms with Gasteiger partial charge in [-0.25, -0.2) is 4.98 Å². The molecule has 0 fully saturated rings. The van der Waals surface area contributed by atoms with E-state index in [-0.39, 0.29) is 11.5 Å². The molecule has 0 atom stereocenters. The number of aromatic hydroxyl groups is 1. The molecule has 3 aromatic carbocycles. The molecule has 5 rings (SSSR count). The lowest BCUT2D eigenvalue weighted by molar-refractivity contribution is 0.0982. The van der Waals surface area contributed by atoms with Gasteiger partial charge in [0.1, 0.15) is 17.3 Å².